The van der Waals surface area contributed by atoms with Gasteiger partial charge >= 0.3 is 6.09 Å². The minimum atomic E-state index is -3.90. The lowest BCUT2D eigenvalue weighted by atomic mass is 9.98. The van der Waals surface area contributed by atoms with Crippen molar-refractivity contribution >= 4 is 33.4 Å². The first-order valence-electron chi connectivity index (χ1n) is 13.1. The summed E-state index contributed by atoms with van der Waals surface area (Å²) in [6.45, 7) is 9.77. The second-order valence-corrected chi connectivity index (χ2v) is 12.6. The van der Waals surface area contributed by atoms with Gasteiger partial charge in [-0.1, -0.05) is 80.1 Å². The molecule has 0 saturated carbocycles. The average molecular weight is 579 g/mol. The van der Waals surface area contributed by atoms with Crippen molar-refractivity contribution in [2.75, 3.05) is 13.7 Å². The van der Waals surface area contributed by atoms with E-state index in [4.69, 9.17) is 21.7 Å². The predicted molar refractivity (Wildman–Crippen MR) is 160 cm³/mol. The number of thiocarbonyl (C=S) groups is 1. The number of benzene rings is 3. The number of carbonyl (C=O) groups is 1. The molecular formula is C31H34N2O5S2. The van der Waals surface area contributed by atoms with Crippen LogP contribution in [0.3, 0.4) is 0 Å². The van der Waals surface area contributed by atoms with Crippen LogP contribution in [-0.4, -0.2) is 43.6 Å². The summed E-state index contributed by atoms with van der Waals surface area (Å²) in [5, 5.41) is 2.80. The molecule has 1 aliphatic carbocycles. The number of nitrogens with one attached hydrogen (secondary N) is 1. The quantitative estimate of drug-likeness (QED) is 0.222. The summed E-state index contributed by atoms with van der Waals surface area (Å²) in [4.78, 5) is 13.0. The SMILES string of the molecule is C=C(OC(=S)[C@H](CC(C)C)NC(=O)OCC1c2ccccc2-c2ccccc21)N(C)S(=O)(=O)c1ccc(C)cc1. The van der Waals surface area contributed by atoms with E-state index in [2.05, 4.69) is 36.2 Å². The smallest absolute Gasteiger partial charge is 0.407 e. The Bertz CT molecular complexity index is 1470. The fourth-order valence-corrected chi connectivity index (χ4v) is 6.07. The summed E-state index contributed by atoms with van der Waals surface area (Å²) in [6, 6.07) is 22.0. The number of sulfonamides is 1. The number of carbonyl (C=O) groups excluding carboxylic acids is 1. The highest BCUT2D eigenvalue weighted by atomic mass is 32.2. The third-order valence-corrected chi connectivity index (χ3v) is 9.04. The Balaban J connectivity index is 1.41. The van der Waals surface area contributed by atoms with Crippen LogP contribution in [0.1, 0.15) is 42.9 Å². The summed E-state index contributed by atoms with van der Waals surface area (Å²) >= 11 is 5.49. The van der Waals surface area contributed by atoms with Gasteiger partial charge in [-0.15, -0.1) is 0 Å². The largest absolute Gasteiger partial charge is 0.449 e. The summed E-state index contributed by atoms with van der Waals surface area (Å²) in [6.07, 6.45) is -0.172. The molecule has 9 heteroatoms. The highest BCUT2D eigenvalue weighted by molar-refractivity contribution is 7.89. The number of nitrogens with zero attached hydrogens (tertiary/aromatic N) is 1. The molecule has 0 heterocycles. The Morgan fingerprint density at radius 1 is 1.00 bits per heavy atom. The number of alkyl carbamates (subject to hydrolysis) is 1. The molecule has 7 nitrogen and oxygen atoms in total. The fourth-order valence-electron chi connectivity index (χ4n) is 4.72. The van der Waals surface area contributed by atoms with E-state index < -0.39 is 22.2 Å². The first kappa shape index (κ1) is 29.3. The second-order valence-electron chi connectivity index (χ2n) is 10.3. The molecule has 40 heavy (non-hydrogen) atoms. The molecular weight excluding hydrogens is 544 g/mol. The maximum atomic E-state index is 13.0. The van der Waals surface area contributed by atoms with Crippen LogP contribution in [0.5, 0.6) is 0 Å². The van der Waals surface area contributed by atoms with Gasteiger partial charge in [0, 0.05) is 13.0 Å². The van der Waals surface area contributed by atoms with Gasteiger partial charge in [0.05, 0.1) is 4.90 Å². The number of ether oxygens (including phenoxy) is 2. The van der Waals surface area contributed by atoms with E-state index >= 15 is 0 Å². The molecule has 3 aromatic carbocycles. The molecule has 0 radical (unpaired) electrons. The highest BCUT2D eigenvalue weighted by Gasteiger charge is 2.30. The van der Waals surface area contributed by atoms with Gasteiger partial charge in [-0.2, -0.15) is 0 Å². The number of fused-ring (bicyclic) bond motifs is 3. The van der Waals surface area contributed by atoms with Crippen molar-refractivity contribution in [1.29, 1.82) is 0 Å². The van der Waals surface area contributed by atoms with Crippen molar-refractivity contribution in [3.8, 4) is 11.1 Å². The van der Waals surface area contributed by atoms with Gasteiger partial charge in [-0.25, -0.2) is 17.5 Å². The van der Waals surface area contributed by atoms with E-state index in [0.717, 1.165) is 32.1 Å². The van der Waals surface area contributed by atoms with Crippen molar-refractivity contribution in [3.63, 3.8) is 0 Å². The van der Waals surface area contributed by atoms with Gasteiger partial charge in [-0.05, 0) is 72.4 Å². The van der Waals surface area contributed by atoms with Crippen molar-refractivity contribution in [2.45, 2.75) is 44.0 Å². The molecule has 0 aliphatic heterocycles. The Morgan fingerprint density at radius 2 is 1.55 bits per heavy atom. The standard InChI is InChI=1S/C31H34N2O5S2/c1-20(2)18-29(30(39)38-22(4)33(5)40(35,36)23-16-14-21(3)15-17-23)32-31(34)37-19-28-26-12-8-6-10-24(26)25-11-7-9-13-27(25)28/h6-17,20,28-29H,4,18-19H2,1-3,5H3,(H,32,34)/t29-/m0/s1. The zero-order valence-electron chi connectivity index (χ0n) is 23.1. The van der Waals surface area contributed by atoms with Crippen LogP contribution in [0.25, 0.3) is 11.1 Å². The summed E-state index contributed by atoms with van der Waals surface area (Å²) < 4.78 is 38.4. The Kier molecular flexibility index (Phi) is 8.95. The number of hydrogen-bond acceptors (Lipinski definition) is 6. The minimum Gasteiger partial charge on any atom is -0.449 e. The molecule has 1 atom stereocenters. The average Bonchev–Trinajstić information content (AvgIpc) is 3.24. The molecule has 0 bridgehead atoms. The topological polar surface area (TPSA) is 84.9 Å². The van der Waals surface area contributed by atoms with E-state index in [9.17, 15) is 13.2 Å². The molecule has 210 valence electrons. The zero-order valence-corrected chi connectivity index (χ0v) is 24.7. The van der Waals surface area contributed by atoms with Gasteiger partial charge in [0.1, 0.15) is 12.6 Å². The summed E-state index contributed by atoms with van der Waals surface area (Å²) in [5.74, 6) is -0.0956. The number of amides is 1. The van der Waals surface area contributed by atoms with E-state index in [0.29, 0.717) is 6.42 Å². The van der Waals surface area contributed by atoms with E-state index in [1.807, 2.05) is 45.0 Å². The van der Waals surface area contributed by atoms with Crippen molar-refractivity contribution in [1.82, 2.24) is 9.62 Å². The lowest BCUT2D eigenvalue weighted by Crippen LogP contribution is -2.43. The van der Waals surface area contributed by atoms with Crippen LogP contribution < -0.4 is 5.32 Å². The van der Waals surface area contributed by atoms with E-state index in [1.54, 1.807) is 12.1 Å². The third kappa shape index (κ3) is 6.37. The monoisotopic (exact) mass is 578 g/mol. The second kappa shape index (κ2) is 12.2. The van der Waals surface area contributed by atoms with Crippen LogP contribution in [0.2, 0.25) is 0 Å². The lowest BCUT2D eigenvalue weighted by Gasteiger charge is -2.26. The van der Waals surface area contributed by atoms with Gasteiger partial charge in [0.25, 0.3) is 10.0 Å². The summed E-state index contributed by atoms with van der Waals surface area (Å²) in [7, 11) is -2.56. The van der Waals surface area contributed by atoms with Gasteiger partial charge in [-0.3, -0.25) is 0 Å². The summed E-state index contributed by atoms with van der Waals surface area (Å²) in [5.41, 5.74) is 5.45. The molecule has 4 rings (SSSR count). The molecule has 0 saturated heterocycles. The maximum Gasteiger partial charge on any atom is 0.407 e. The molecule has 0 aromatic heterocycles. The molecule has 1 aliphatic rings. The van der Waals surface area contributed by atoms with Crippen LogP contribution >= 0.6 is 12.2 Å². The normalized spacial score (nSPS) is 13.2. The van der Waals surface area contributed by atoms with E-state index in [-0.39, 0.29) is 34.3 Å². The molecule has 0 unspecified atom stereocenters. The molecule has 0 spiro atoms. The third-order valence-electron chi connectivity index (χ3n) is 6.88. The Hall–Kier alpha value is -3.69. The van der Waals surface area contributed by atoms with Crippen LogP contribution in [0.4, 0.5) is 4.79 Å². The fraction of sp³-hybridized carbons (Fsp3) is 0.290. The predicted octanol–water partition coefficient (Wildman–Crippen LogP) is 6.38. The van der Waals surface area contributed by atoms with Crippen LogP contribution in [0, 0.1) is 12.8 Å². The Morgan fingerprint density at radius 3 is 2.10 bits per heavy atom. The van der Waals surface area contributed by atoms with Crippen molar-refractivity contribution in [3.05, 3.63) is 102 Å². The number of hydrogen-bond donors (Lipinski definition) is 1. The molecule has 1 N–H and O–H groups in total. The first-order chi connectivity index (χ1) is 19.0. The highest BCUT2D eigenvalue weighted by Crippen LogP contribution is 2.44. The molecule has 1 amide bonds. The number of aryl methyl sites for hydroxylation is 1. The van der Waals surface area contributed by atoms with Crippen LogP contribution in [-0.2, 0) is 19.5 Å². The van der Waals surface area contributed by atoms with Crippen LogP contribution in [0.15, 0.2) is 90.2 Å². The van der Waals surface area contributed by atoms with Crippen molar-refractivity contribution in [2.24, 2.45) is 5.92 Å². The zero-order chi connectivity index (χ0) is 29.0. The minimum absolute atomic E-state index is 0.00170. The Labute approximate surface area is 241 Å². The van der Waals surface area contributed by atoms with E-state index in [1.165, 1.54) is 19.2 Å². The first-order valence-corrected chi connectivity index (χ1v) is 14.9. The maximum absolute atomic E-state index is 13.0. The van der Waals surface area contributed by atoms with Gasteiger partial charge in [0.2, 0.25) is 5.88 Å². The number of rotatable bonds is 10. The molecule has 0 fully saturated rings. The van der Waals surface area contributed by atoms with Gasteiger partial charge in [0.15, 0.2) is 5.05 Å². The lowest BCUT2D eigenvalue weighted by molar-refractivity contribution is 0.139. The van der Waals surface area contributed by atoms with Gasteiger partial charge < -0.3 is 14.8 Å². The van der Waals surface area contributed by atoms with Crippen molar-refractivity contribution < 1.29 is 22.7 Å². The molecule has 3 aromatic rings.